The molecule has 8 nitrogen and oxygen atoms in total. The van der Waals surface area contributed by atoms with Crippen molar-refractivity contribution in [2.45, 2.75) is 56.2 Å². The van der Waals surface area contributed by atoms with E-state index >= 15 is 0 Å². The van der Waals surface area contributed by atoms with E-state index < -0.39 is 0 Å². The lowest BCUT2D eigenvalue weighted by Crippen LogP contribution is -2.61. The largest absolute Gasteiger partial charge is 0.484 e. The Morgan fingerprint density at radius 1 is 1.06 bits per heavy atom. The third kappa shape index (κ3) is 4.27. The first-order chi connectivity index (χ1) is 17.1. The molecule has 0 radical (unpaired) electrons. The standard InChI is InChI=1S/C26H29FN4O4/c1-32-22-5-3-20-23(31-22)18(19(27)15-28-20)6-7-26-10-8-25(9-11-26,16-35-26)29-14-17-2-4-21-24(30-17)34-13-12-33-21/h2-5,15,29H,6-14,16H2,1H3. The maximum Gasteiger partial charge on any atom is 0.257 e. The maximum absolute atomic E-state index is 14.8. The zero-order valence-corrected chi connectivity index (χ0v) is 19.8. The molecule has 1 N–H and O–H groups in total. The summed E-state index contributed by atoms with van der Waals surface area (Å²) in [5.74, 6) is 1.40. The first-order valence-electron chi connectivity index (χ1n) is 12.2. The highest BCUT2D eigenvalue weighted by atomic mass is 19.1. The van der Waals surface area contributed by atoms with Crippen LogP contribution in [-0.2, 0) is 17.7 Å². The van der Waals surface area contributed by atoms with E-state index in [0.717, 1.165) is 37.8 Å². The van der Waals surface area contributed by atoms with Gasteiger partial charge in [-0.25, -0.2) is 14.4 Å². The minimum absolute atomic E-state index is 0.0553. The molecule has 3 aliphatic heterocycles. The summed E-state index contributed by atoms with van der Waals surface area (Å²) >= 11 is 0. The van der Waals surface area contributed by atoms with Gasteiger partial charge in [-0.1, -0.05) is 0 Å². The van der Waals surface area contributed by atoms with Crippen LogP contribution in [-0.4, -0.2) is 53.0 Å². The average molecular weight is 481 g/mol. The van der Waals surface area contributed by atoms with Gasteiger partial charge in [-0.2, -0.15) is 0 Å². The van der Waals surface area contributed by atoms with E-state index in [-0.39, 0.29) is 17.0 Å². The zero-order valence-electron chi connectivity index (χ0n) is 19.8. The van der Waals surface area contributed by atoms with Crippen molar-refractivity contribution in [2.24, 2.45) is 0 Å². The molecule has 1 aliphatic carbocycles. The average Bonchev–Trinajstić information content (AvgIpc) is 2.92. The zero-order chi connectivity index (χ0) is 23.9. The number of methoxy groups -OCH3 is 1. The highest BCUT2D eigenvalue weighted by Gasteiger charge is 2.49. The molecule has 3 aromatic heterocycles. The molecule has 2 bridgehead atoms. The van der Waals surface area contributed by atoms with Crippen LogP contribution in [0.3, 0.4) is 0 Å². The minimum atomic E-state index is -0.329. The molecule has 0 unspecified atom stereocenters. The van der Waals surface area contributed by atoms with Crippen molar-refractivity contribution in [3.05, 3.63) is 47.5 Å². The fourth-order valence-corrected chi connectivity index (χ4v) is 5.44. The van der Waals surface area contributed by atoms with Gasteiger partial charge in [0.05, 0.1) is 42.2 Å². The molecule has 2 saturated heterocycles. The molecule has 6 heterocycles. The van der Waals surface area contributed by atoms with Gasteiger partial charge in [0.2, 0.25) is 5.88 Å². The summed E-state index contributed by atoms with van der Waals surface area (Å²) in [6.45, 7) is 2.38. The van der Waals surface area contributed by atoms with Gasteiger partial charge in [0, 0.05) is 23.7 Å². The van der Waals surface area contributed by atoms with Crippen molar-refractivity contribution in [1.29, 1.82) is 0 Å². The molecule has 184 valence electrons. The molecule has 3 fully saturated rings. The van der Waals surface area contributed by atoms with Crippen LogP contribution >= 0.6 is 0 Å². The van der Waals surface area contributed by atoms with Gasteiger partial charge in [-0.3, -0.25) is 4.98 Å². The maximum atomic E-state index is 14.8. The number of aryl methyl sites for hydroxylation is 1. The van der Waals surface area contributed by atoms with E-state index in [2.05, 4.69) is 20.3 Å². The number of halogens is 1. The second-order valence-electron chi connectivity index (χ2n) is 9.71. The van der Waals surface area contributed by atoms with Crippen molar-refractivity contribution in [1.82, 2.24) is 20.3 Å². The first-order valence-corrected chi connectivity index (χ1v) is 12.2. The Morgan fingerprint density at radius 3 is 2.71 bits per heavy atom. The first kappa shape index (κ1) is 22.4. The van der Waals surface area contributed by atoms with Crippen molar-refractivity contribution in [2.75, 3.05) is 26.9 Å². The molecule has 4 aliphatic rings. The lowest BCUT2D eigenvalue weighted by Gasteiger charge is -2.53. The molecule has 3 aromatic rings. The number of nitrogens with one attached hydrogen (secondary N) is 1. The molecule has 0 spiro atoms. The molecule has 0 aromatic carbocycles. The van der Waals surface area contributed by atoms with Crippen molar-refractivity contribution in [3.63, 3.8) is 0 Å². The number of hydrogen-bond donors (Lipinski definition) is 1. The lowest BCUT2D eigenvalue weighted by atomic mass is 9.69. The number of rotatable bonds is 7. The SMILES string of the molecule is COc1ccc2ncc(F)c(CCC34CCC(NCc5ccc6c(n5)OCCO6)(CC3)CO4)c2n1. The fraction of sp³-hybridized carbons (Fsp3) is 0.500. The Bertz CT molecular complexity index is 1230. The van der Waals surface area contributed by atoms with Crippen LogP contribution in [0.5, 0.6) is 17.5 Å². The quantitative estimate of drug-likeness (QED) is 0.547. The second-order valence-corrected chi connectivity index (χ2v) is 9.71. The second kappa shape index (κ2) is 8.87. The summed E-state index contributed by atoms with van der Waals surface area (Å²) in [6, 6.07) is 7.46. The van der Waals surface area contributed by atoms with Crippen LogP contribution in [0.1, 0.15) is 43.4 Å². The number of aromatic nitrogens is 3. The van der Waals surface area contributed by atoms with Crippen LogP contribution in [0.25, 0.3) is 11.0 Å². The van der Waals surface area contributed by atoms with Gasteiger partial charge in [0.1, 0.15) is 19.0 Å². The molecular formula is C26H29FN4O4. The van der Waals surface area contributed by atoms with Gasteiger partial charge >= 0.3 is 0 Å². The highest BCUT2D eigenvalue weighted by Crippen LogP contribution is 2.46. The van der Waals surface area contributed by atoms with E-state index in [9.17, 15) is 4.39 Å². The third-order valence-electron chi connectivity index (χ3n) is 7.66. The van der Waals surface area contributed by atoms with Crippen LogP contribution in [0.15, 0.2) is 30.5 Å². The lowest BCUT2D eigenvalue weighted by molar-refractivity contribution is -0.165. The number of hydrogen-bond acceptors (Lipinski definition) is 8. The normalized spacial score (nSPS) is 25.1. The van der Waals surface area contributed by atoms with Crippen LogP contribution in [0.4, 0.5) is 4.39 Å². The highest BCUT2D eigenvalue weighted by molar-refractivity contribution is 5.78. The minimum Gasteiger partial charge on any atom is -0.484 e. The third-order valence-corrected chi connectivity index (χ3v) is 7.66. The van der Waals surface area contributed by atoms with Gasteiger partial charge in [-0.05, 0) is 56.7 Å². The number of ether oxygens (including phenoxy) is 4. The topological polar surface area (TPSA) is 87.6 Å². The molecule has 9 heteroatoms. The molecule has 0 amide bonds. The van der Waals surface area contributed by atoms with E-state index in [1.807, 2.05) is 18.2 Å². The molecule has 0 atom stereocenters. The van der Waals surface area contributed by atoms with Gasteiger partial charge in [0.15, 0.2) is 5.75 Å². The van der Waals surface area contributed by atoms with Crippen molar-refractivity contribution < 1.29 is 23.3 Å². The summed E-state index contributed by atoms with van der Waals surface area (Å²) in [5, 5.41) is 3.71. The smallest absolute Gasteiger partial charge is 0.257 e. The summed E-state index contributed by atoms with van der Waals surface area (Å²) < 4.78 is 37.6. The predicted octanol–water partition coefficient (Wildman–Crippen LogP) is 3.75. The molecular weight excluding hydrogens is 451 g/mol. The Hall–Kier alpha value is -3.04. The number of pyridine rings is 3. The summed E-state index contributed by atoms with van der Waals surface area (Å²) in [7, 11) is 1.56. The summed E-state index contributed by atoms with van der Waals surface area (Å²) in [6.07, 6.45) is 6.50. The fourth-order valence-electron chi connectivity index (χ4n) is 5.44. The molecule has 7 rings (SSSR count). The van der Waals surface area contributed by atoms with E-state index in [0.29, 0.717) is 66.9 Å². The molecule has 35 heavy (non-hydrogen) atoms. The van der Waals surface area contributed by atoms with E-state index in [4.69, 9.17) is 18.9 Å². The van der Waals surface area contributed by atoms with E-state index in [1.165, 1.54) is 6.20 Å². The number of nitrogens with zero attached hydrogens (tertiary/aromatic N) is 3. The van der Waals surface area contributed by atoms with E-state index in [1.54, 1.807) is 13.2 Å². The van der Waals surface area contributed by atoms with Gasteiger partial charge < -0.3 is 24.3 Å². The van der Waals surface area contributed by atoms with Crippen LogP contribution in [0.2, 0.25) is 0 Å². The Balaban J connectivity index is 1.10. The Morgan fingerprint density at radius 2 is 1.91 bits per heavy atom. The summed E-state index contributed by atoms with van der Waals surface area (Å²) in [4.78, 5) is 13.2. The van der Waals surface area contributed by atoms with Crippen LogP contribution < -0.4 is 19.5 Å². The Kier molecular flexibility index (Phi) is 5.69. The van der Waals surface area contributed by atoms with Crippen molar-refractivity contribution >= 4 is 11.0 Å². The monoisotopic (exact) mass is 480 g/mol. The predicted molar refractivity (Wildman–Crippen MR) is 126 cm³/mol. The van der Waals surface area contributed by atoms with Crippen molar-refractivity contribution in [3.8, 4) is 17.5 Å². The van der Waals surface area contributed by atoms with Gasteiger partial charge in [-0.15, -0.1) is 0 Å². The van der Waals surface area contributed by atoms with Crippen LogP contribution in [0, 0.1) is 5.82 Å². The number of fused-ring (bicyclic) bond motifs is 5. The molecule has 1 saturated carbocycles. The van der Waals surface area contributed by atoms with Gasteiger partial charge in [0.25, 0.3) is 5.88 Å². The Labute approximate surface area is 203 Å². The summed E-state index contributed by atoms with van der Waals surface area (Å²) in [5.41, 5.74) is 2.46.